The molecule has 128 valence electrons. The van der Waals surface area contributed by atoms with Crippen molar-refractivity contribution in [3.63, 3.8) is 0 Å². The number of carbonyl (C=O) groups is 1. The molecule has 0 heterocycles. The minimum Gasteiger partial charge on any atom is -0.426 e. The second kappa shape index (κ2) is 7.72. The second-order valence-electron chi connectivity index (χ2n) is 7.50. The zero-order valence-corrected chi connectivity index (χ0v) is 16.2. The predicted molar refractivity (Wildman–Crippen MR) is 99.5 cm³/mol. The quantitative estimate of drug-likeness (QED) is 0.796. The van der Waals surface area contributed by atoms with Crippen LogP contribution in [0.3, 0.4) is 0 Å². The Morgan fingerprint density at radius 2 is 1.87 bits per heavy atom. The van der Waals surface area contributed by atoms with Gasteiger partial charge in [0.05, 0.1) is 5.60 Å². The first-order chi connectivity index (χ1) is 10.5. The maximum Gasteiger partial charge on any atom is 0.324 e. The lowest BCUT2D eigenvalue weighted by Gasteiger charge is -2.41. The molecule has 0 radical (unpaired) electrons. The van der Waals surface area contributed by atoms with Crippen molar-refractivity contribution in [2.75, 3.05) is 0 Å². The van der Waals surface area contributed by atoms with Crippen molar-refractivity contribution in [2.24, 2.45) is 5.41 Å². The Morgan fingerprint density at radius 3 is 2.39 bits per heavy atom. The van der Waals surface area contributed by atoms with Gasteiger partial charge in [-0.2, -0.15) is 0 Å². The maximum absolute atomic E-state index is 11.4. The summed E-state index contributed by atoms with van der Waals surface area (Å²) in [5.74, 6) is 0.0182. The van der Waals surface area contributed by atoms with E-state index in [1.807, 2.05) is 31.9 Å². The van der Waals surface area contributed by atoms with Gasteiger partial charge < -0.3 is 9.97 Å². The fourth-order valence-corrected chi connectivity index (χ4v) is 2.17. The average Bonchev–Trinajstić information content (AvgIpc) is 2.44. The summed E-state index contributed by atoms with van der Waals surface area (Å²) in [7, 11) is 0. The molecule has 0 unspecified atom stereocenters. The average molecular weight is 338 g/mol. The summed E-state index contributed by atoms with van der Waals surface area (Å²) in [5.41, 5.74) is 1.75. The summed E-state index contributed by atoms with van der Waals surface area (Å²) >= 11 is 6.24. The summed E-state index contributed by atoms with van der Waals surface area (Å²) < 4.78 is 6.30. The molecular weight excluding hydrogens is 308 g/mol. The molecule has 0 aromatic heterocycles. The Kier molecular flexibility index (Phi) is 6.73. The molecule has 0 bridgehead atoms. The number of carbonyl (C=O) groups excluding carboxylic acids is 1. The molecule has 1 rings (SSSR count). The molecule has 0 aliphatic heterocycles. The number of rotatable bonds is 6. The van der Waals surface area contributed by atoms with Crippen LogP contribution in [0.5, 0.6) is 0 Å². The van der Waals surface area contributed by atoms with Gasteiger partial charge in [-0.05, 0) is 36.4 Å². The van der Waals surface area contributed by atoms with Crippen LogP contribution in [0.2, 0.25) is 11.8 Å². The van der Waals surface area contributed by atoms with E-state index in [-0.39, 0.29) is 23.8 Å². The van der Waals surface area contributed by atoms with E-state index in [4.69, 9.17) is 16.3 Å². The Bertz CT molecular complexity index is 552. The van der Waals surface area contributed by atoms with Gasteiger partial charge in [0.15, 0.2) is 0 Å². The van der Waals surface area contributed by atoms with Gasteiger partial charge in [-0.15, -0.1) is 0 Å². The Labute approximate surface area is 146 Å². The fraction of sp³-hybridized carbons (Fsp3) is 0.611. The van der Waals surface area contributed by atoms with Gasteiger partial charge in [-0.3, -0.25) is 4.79 Å². The third-order valence-electron chi connectivity index (χ3n) is 4.61. The van der Waals surface area contributed by atoms with Crippen molar-refractivity contribution in [3.05, 3.63) is 28.8 Å². The normalized spacial score (nSPS) is 12.2. The number of nitrogens with one attached hydrogen (secondary N) is 1. The number of halogens is 1. The fourth-order valence-electron chi connectivity index (χ4n) is 1.99. The highest BCUT2D eigenvalue weighted by molar-refractivity contribution is 6.66. The smallest absolute Gasteiger partial charge is 0.324 e. The zero-order chi connectivity index (χ0) is 17.8. The lowest BCUT2D eigenvalue weighted by Crippen LogP contribution is -2.47. The monoisotopic (exact) mass is 337 g/mol. The minimum atomic E-state index is -0.261. The third kappa shape index (κ3) is 5.54. The molecule has 1 amide bonds. The topological polar surface area (TPSA) is 38.3 Å². The van der Waals surface area contributed by atoms with Crippen molar-refractivity contribution in [2.45, 2.75) is 66.9 Å². The van der Waals surface area contributed by atoms with Crippen LogP contribution in [0.4, 0.5) is 0 Å². The van der Waals surface area contributed by atoms with Crippen LogP contribution in [0, 0.1) is 5.41 Å². The molecule has 5 heteroatoms. The van der Waals surface area contributed by atoms with Crippen LogP contribution in [0.25, 0.3) is 0 Å². The first-order valence-electron chi connectivity index (χ1n) is 8.20. The van der Waals surface area contributed by atoms with E-state index < -0.39 is 0 Å². The Morgan fingerprint density at radius 1 is 1.26 bits per heavy atom. The number of amides is 1. The number of hydrogen-bond donors (Lipinski definition) is 1. The molecule has 0 saturated heterocycles. The summed E-state index contributed by atoms with van der Waals surface area (Å²) in [6.07, 6.45) is 0.469. The molecular formula is C18H29BClNO2. The van der Waals surface area contributed by atoms with Gasteiger partial charge in [-0.25, -0.2) is 0 Å². The van der Waals surface area contributed by atoms with Crippen LogP contribution in [0.1, 0.15) is 53.5 Å². The van der Waals surface area contributed by atoms with Crippen molar-refractivity contribution >= 4 is 29.9 Å². The molecule has 0 aliphatic rings. The highest BCUT2D eigenvalue weighted by Gasteiger charge is 2.36. The van der Waals surface area contributed by atoms with Crippen molar-refractivity contribution < 1.29 is 9.45 Å². The van der Waals surface area contributed by atoms with Crippen LogP contribution in [-0.2, 0) is 16.0 Å². The van der Waals surface area contributed by atoms with E-state index in [1.54, 1.807) is 0 Å². The lowest BCUT2D eigenvalue weighted by atomic mass is 9.61. The van der Waals surface area contributed by atoms with Crippen molar-refractivity contribution in [1.82, 2.24) is 5.32 Å². The van der Waals surface area contributed by atoms with Crippen molar-refractivity contribution in [1.29, 1.82) is 0 Å². The van der Waals surface area contributed by atoms with Crippen LogP contribution in [-0.4, -0.2) is 18.4 Å². The molecule has 1 N–H and O–H groups in total. The van der Waals surface area contributed by atoms with Crippen molar-refractivity contribution in [3.8, 4) is 0 Å². The predicted octanol–water partition coefficient (Wildman–Crippen LogP) is 4.04. The molecule has 1 aromatic carbocycles. The number of hydrogen-bond acceptors (Lipinski definition) is 2. The molecule has 23 heavy (non-hydrogen) atoms. The summed E-state index contributed by atoms with van der Waals surface area (Å²) in [6, 6.07) is 5.87. The zero-order valence-electron chi connectivity index (χ0n) is 15.4. The second-order valence-corrected chi connectivity index (χ2v) is 7.91. The Balaban J connectivity index is 2.90. The van der Waals surface area contributed by atoms with Gasteiger partial charge in [0.2, 0.25) is 5.91 Å². The Hall–Kier alpha value is -0.995. The number of benzene rings is 1. The largest absolute Gasteiger partial charge is 0.426 e. The summed E-state index contributed by atoms with van der Waals surface area (Å²) in [6.45, 7) is 15.0. The molecule has 0 fully saturated rings. The molecule has 0 spiro atoms. The van der Waals surface area contributed by atoms with Gasteiger partial charge in [0.25, 0.3) is 0 Å². The summed E-state index contributed by atoms with van der Waals surface area (Å²) in [5, 5.41) is 3.52. The van der Waals surface area contributed by atoms with Crippen LogP contribution < -0.4 is 10.8 Å². The van der Waals surface area contributed by atoms with E-state index in [9.17, 15) is 4.79 Å². The SMILES string of the molecule is CCC(=O)NCc1cc(B(C)OC(C)(C)C(C)(C)C)ccc1Cl. The van der Waals surface area contributed by atoms with E-state index in [0.29, 0.717) is 18.0 Å². The van der Waals surface area contributed by atoms with Crippen LogP contribution >= 0.6 is 11.6 Å². The van der Waals surface area contributed by atoms with E-state index >= 15 is 0 Å². The lowest BCUT2D eigenvalue weighted by molar-refractivity contribution is -0.120. The van der Waals surface area contributed by atoms with Crippen LogP contribution in [0.15, 0.2) is 18.2 Å². The molecule has 3 nitrogen and oxygen atoms in total. The van der Waals surface area contributed by atoms with Gasteiger partial charge in [-0.1, -0.05) is 58.3 Å². The first kappa shape index (κ1) is 20.1. The molecule has 0 atom stereocenters. The third-order valence-corrected chi connectivity index (χ3v) is 4.98. The standard InChI is InChI=1S/C18H29BClNO2/c1-8-16(22)21-12-13-11-14(9-10-15(13)20)19(7)23-18(5,6)17(2,3)4/h9-11H,8,12H2,1-7H3,(H,21,22). The molecule has 0 saturated carbocycles. The van der Waals surface area contributed by atoms with Gasteiger partial charge in [0, 0.05) is 18.0 Å². The molecule has 1 aromatic rings. The maximum atomic E-state index is 11.4. The van der Waals surface area contributed by atoms with E-state index in [2.05, 4.69) is 39.9 Å². The van der Waals surface area contributed by atoms with E-state index in [1.165, 1.54) is 0 Å². The first-order valence-corrected chi connectivity index (χ1v) is 8.58. The minimum absolute atomic E-state index is 0.0182. The highest BCUT2D eigenvalue weighted by Crippen LogP contribution is 2.33. The summed E-state index contributed by atoms with van der Waals surface area (Å²) in [4.78, 5) is 11.4. The highest BCUT2D eigenvalue weighted by atomic mass is 35.5. The molecule has 0 aliphatic carbocycles. The van der Waals surface area contributed by atoms with Gasteiger partial charge in [0.1, 0.15) is 0 Å². The van der Waals surface area contributed by atoms with E-state index in [0.717, 1.165) is 11.0 Å². The van der Waals surface area contributed by atoms with Gasteiger partial charge >= 0.3 is 6.92 Å².